The standard InChI is InChI=1S/C16H23N3O/c1-11-5-8-15(12(2)18-11)16(20)19(14-6-7-14)10-13-4-3-9-17-13/h5,8,13-14,17H,3-4,6-7,9-10H2,1-2H3. The zero-order chi connectivity index (χ0) is 14.1. The minimum atomic E-state index is 0.159. The van der Waals surface area contributed by atoms with Crippen molar-refractivity contribution in [2.24, 2.45) is 0 Å². The van der Waals surface area contributed by atoms with E-state index in [0.717, 1.165) is 42.9 Å². The Morgan fingerprint density at radius 2 is 2.15 bits per heavy atom. The fourth-order valence-corrected chi connectivity index (χ4v) is 3.00. The first-order chi connectivity index (χ1) is 9.65. The highest BCUT2D eigenvalue weighted by molar-refractivity contribution is 5.95. The van der Waals surface area contributed by atoms with E-state index in [1.165, 1.54) is 12.8 Å². The van der Waals surface area contributed by atoms with Gasteiger partial charge in [-0.2, -0.15) is 0 Å². The van der Waals surface area contributed by atoms with Crippen molar-refractivity contribution in [2.75, 3.05) is 13.1 Å². The second-order valence-corrected chi connectivity index (χ2v) is 6.07. The lowest BCUT2D eigenvalue weighted by Crippen LogP contribution is -2.42. The number of rotatable bonds is 4. The second-order valence-electron chi connectivity index (χ2n) is 6.07. The van der Waals surface area contributed by atoms with Crippen LogP contribution in [0.25, 0.3) is 0 Å². The number of aromatic nitrogens is 1. The molecule has 3 rings (SSSR count). The smallest absolute Gasteiger partial charge is 0.255 e. The molecule has 2 aliphatic rings. The molecule has 4 nitrogen and oxygen atoms in total. The highest BCUT2D eigenvalue weighted by Gasteiger charge is 2.35. The zero-order valence-corrected chi connectivity index (χ0v) is 12.4. The number of hydrogen-bond acceptors (Lipinski definition) is 3. The van der Waals surface area contributed by atoms with Crippen LogP contribution in [0.3, 0.4) is 0 Å². The van der Waals surface area contributed by atoms with Crippen LogP contribution in [0.4, 0.5) is 0 Å². The topological polar surface area (TPSA) is 45.2 Å². The van der Waals surface area contributed by atoms with Crippen molar-refractivity contribution in [1.29, 1.82) is 0 Å². The molecule has 1 saturated heterocycles. The van der Waals surface area contributed by atoms with E-state index >= 15 is 0 Å². The molecule has 1 saturated carbocycles. The Hall–Kier alpha value is -1.42. The lowest BCUT2D eigenvalue weighted by Gasteiger charge is -2.26. The van der Waals surface area contributed by atoms with Crippen molar-refractivity contribution in [3.63, 3.8) is 0 Å². The molecule has 1 unspecified atom stereocenters. The van der Waals surface area contributed by atoms with Gasteiger partial charge in [-0.05, 0) is 58.2 Å². The number of amides is 1. The first-order valence-electron chi connectivity index (χ1n) is 7.64. The largest absolute Gasteiger partial charge is 0.334 e. The quantitative estimate of drug-likeness (QED) is 0.913. The molecular weight excluding hydrogens is 250 g/mol. The molecule has 1 aromatic heterocycles. The fraction of sp³-hybridized carbons (Fsp3) is 0.625. The Balaban J connectivity index is 1.77. The molecule has 108 valence electrons. The molecule has 0 aromatic carbocycles. The summed E-state index contributed by atoms with van der Waals surface area (Å²) in [5, 5.41) is 3.49. The van der Waals surface area contributed by atoms with Gasteiger partial charge in [0.25, 0.3) is 5.91 Å². The average molecular weight is 273 g/mol. The van der Waals surface area contributed by atoms with Crippen LogP contribution < -0.4 is 5.32 Å². The lowest BCUT2D eigenvalue weighted by atomic mass is 10.1. The summed E-state index contributed by atoms with van der Waals surface area (Å²) in [5.41, 5.74) is 2.58. The summed E-state index contributed by atoms with van der Waals surface area (Å²) in [6.07, 6.45) is 4.71. The van der Waals surface area contributed by atoms with Crippen LogP contribution in [0.1, 0.15) is 47.4 Å². The maximum absolute atomic E-state index is 12.8. The summed E-state index contributed by atoms with van der Waals surface area (Å²) in [6, 6.07) is 4.78. The normalized spacial score (nSPS) is 22.0. The molecule has 1 aromatic rings. The first kappa shape index (κ1) is 13.6. The SMILES string of the molecule is Cc1ccc(C(=O)N(CC2CCCN2)C2CC2)c(C)n1. The number of carbonyl (C=O) groups is 1. The van der Waals surface area contributed by atoms with E-state index < -0.39 is 0 Å². The van der Waals surface area contributed by atoms with E-state index in [9.17, 15) is 4.79 Å². The van der Waals surface area contributed by atoms with Crippen molar-refractivity contribution in [3.8, 4) is 0 Å². The van der Waals surface area contributed by atoms with Crippen LogP contribution >= 0.6 is 0 Å². The Labute approximate surface area is 120 Å². The van der Waals surface area contributed by atoms with E-state index in [1.54, 1.807) is 0 Å². The van der Waals surface area contributed by atoms with Gasteiger partial charge in [0.05, 0.1) is 11.3 Å². The summed E-state index contributed by atoms with van der Waals surface area (Å²) in [5.74, 6) is 0.159. The molecule has 1 amide bonds. The van der Waals surface area contributed by atoms with Crippen LogP contribution in [-0.2, 0) is 0 Å². The Kier molecular flexibility index (Phi) is 3.74. The predicted octanol–water partition coefficient (Wildman–Crippen LogP) is 2.06. The number of aryl methyl sites for hydroxylation is 2. The van der Waals surface area contributed by atoms with Crippen molar-refractivity contribution in [2.45, 2.75) is 51.6 Å². The van der Waals surface area contributed by atoms with E-state index in [0.29, 0.717) is 12.1 Å². The Morgan fingerprint density at radius 3 is 2.75 bits per heavy atom. The first-order valence-corrected chi connectivity index (χ1v) is 7.64. The summed E-state index contributed by atoms with van der Waals surface area (Å²) in [6.45, 7) is 5.82. The zero-order valence-electron chi connectivity index (χ0n) is 12.4. The summed E-state index contributed by atoms with van der Waals surface area (Å²) in [7, 11) is 0. The van der Waals surface area contributed by atoms with Gasteiger partial charge in [0.2, 0.25) is 0 Å². The third-order valence-electron chi connectivity index (χ3n) is 4.28. The van der Waals surface area contributed by atoms with Gasteiger partial charge in [0.15, 0.2) is 0 Å². The van der Waals surface area contributed by atoms with Gasteiger partial charge in [-0.1, -0.05) is 0 Å². The number of nitrogens with one attached hydrogen (secondary N) is 1. The van der Waals surface area contributed by atoms with Crippen molar-refractivity contribution in [3.05, 3.63) is 29.1 Å². The molecule has 1 aliphatic heterocycles. The van der Waals surface area contributed by atoms with Gasteiger partial charge in [0, 0.05) is 24.3 Å². The molecule has 1 N–H and O–H groups in total. The van der Waals surface area contributed by atoms with Gasteiger partial charge < -0.3 is 10.2 Å². The molecule has 0 radical (unpaired) electrons. The maximum atomic E-state index is 12.8. The molecule has 2 heterocycles. The molecule has 0 bridgehead atoms. The van der Waals surface area contributed by atoms with Crippen LogP contribution in [0.2, 0.25) is 0 Å². The van der Waals surface area contributed by atoms with Crippen LogP contribution in [0.5, 0.6) is 0 Å². The van der Waals surface area contributed by atoms with E-state index in [2.05, 4.69) is 15.2 Å². The average Bonchev–Trinajstić information content (AvgIpc) is 3.12. The van der Waals surface area contributed by atoms with Crippen molar-refractivity contribution < 1.29 is 4.79 Å². The van der Waals surface area contributed by atoms with Gasteiger partial charge >= 0.3 is 0 Å². The summed E-state index contributed by atoms with van der Waals surface area (Å²) >= 11 is 0. The predicted molar refractivity (Wildman–Crippen MR) is 78.8 cm³/mol. The summed E-state index contributed by atoms with van der Waals surface area (Å²) < 4.78 is 0. The third kappa shape index (κ3) is 2.85. The molecule has 2 fully saturated rings. The minimum Gasteiger partial charge on any atom is -0.334 e. The third-order valence-corrected chi connectivity index (χ3v) is 4.28. The van der Waals surface area contributed by atoms with Crippen molar-refractivity contribution >= 4 is 5.91 Å². The molecule has 4 heteroatoms. The van der Waals surface area contributed by atoms with Gasteiger partial charge in [-0.25, -0.2) is 0 Å². The number of hydrogen-bond donors (Lipinski definition) is 1. The van der Waals surface area contributed by atoms with Gasteiger partial charge in [-0.15, -0.1) is 0 Å². The fourth-order valence-electron chi connectivity index (χ4n) is 3.00. The van der Waals surface area contributed by atoms with E-state index in [-0.39, 0.29) is 5.91 Å². The molecule has 1 atom stereocenters. The number of nitrogens with zero attached hydrogens (tertiary/aromatic N) is 2. The van der Waals surface area contributed by atoms with Crippen molar-refractivity contribution in [1.82, 2.24) is 15.2 Å². The lowest BCUT2D eigenvalue weighted by molar-refractivity contribution is 0.0727. The number of pyridine rings is 1. The Morgan fingerprint density at radius 1 is 1.35 bits per heavy atom. The molecule has 0 spiro atoms. The monoisotopic (exact) mass is 273 g/mol. The number of carbonyl (C=O) groups excluding carboxylic acids is 1. The minimum absolute atomic E-state index is 0.159. The molecule has 1 aliphatic carbocycles. The molecular formula is C16H23N3O. The van der Waals surface area contributed by atoms with E-state index in [4.69, 9.17) is 0 Å². The highest BCUT2D eigenvalue weighted by atomic mass is 16.2. The summed E-state index contributed by atoms with van der Waals surface area (Å²) in [4.78, 5) is 19.3. The van der Waals surface area contributed by atoms with Gasteiger partial charge in [0.1, 0.15) is 0 Å². The van der Waals surface area contributed by atoms with E-state index in [1.807, 2.05) is 26.0 Å². The Bertz CT molecular complexity index is 504. The second kappa shape index (κ2) is 5.52. The van der Waals surface area contributed by atoms with Gasteiger partial charge in [-0.3, -0.25) is 9.78 Å². The molecule has 20 heavy (non-hydrogen) atoms. The maximum Gasteiger partial charge on any atom is 0.255 e. The van der Waals surface area contributed by atoms with Crippen LogP contribution in [0.15, 0.2) is 12.1 Å². The highest BCUT2D eigenvalue weighted by Crippen LogP contribution is 2.29. The van der Waals surface area contributed by atoms with Crippen LogP contribution in [0, 0.1) is 13.8 Å². The van der Waals surface area contributed by atoms with Crippen LogP contribution in [-0.4, -0.2) is 41.0 Å².